The highest BCUT2D eigenvalue weighted by Gasteiger charge is 1.98. The number of benzene rings is 1. The van der Waals surface area contributed by atoms with Crippen molar-refractivity contribution in [1.29, 1.82) is 5.26 Å². The maximum Gasteiger partial charge on any atom is 0.191 e. The summed E-state index contributed by atoms with van der Waals surface area (Å²) in [6, 6.07) is 9.60. The van der Waals surface area contributed by atoms with Crippen LogP contribution in [0.1, 0.15) is 11.1 Å². The van der Waals surface area contributed by atoms with Gasteiger partial charge in [0.15, 0.2) is 5.96 Å². The molecule has 1 aromatic rings. The highest BCUT2D eigenvalue weighted by molar-refractivity contribution is 5.79. The minimum Gasteiger partial charge on any atom is -0.383 e. The van der Waals surface area contributed by atoms with E-state index in [1.54, 1.807) is 20.2 Å². The van der Waals surface area contributed by atoms with Crippen molar-refractivity contribution in [2.45, 2.75) is 6.54 Å². The van der Waals surface area contributed by atoms with Gasteiger partial charge in [0, 0.05) is 27.2 Å². The Kier molecular flexibility index (Phi) is 6.30. The summed E-state index contributed by atoms with van der Waals surface area (Å²) in [5, 5.41) is 15.1. The molecular weight excluding hydrogens is 228 g/mol. The number of rotatable bonds is 5. The van der Waals surface area contributed by atoms with Crippen LogP contribution in [0.15, 0.2) is 29.3 Å². The second-order valence-electron chi connectivity index (χ2n) is 3.66. The number of nitrogens with one attached hydrogen (secondary N) is 2. The van der Waals surface area contributed by atoms with Gasteiger partial charge in [-0.15, -0.1) is 0 Å². The summed E-state index contributed by atoms with van der Waals surface area (Å²) in [4.78, 5) is 4.09. The van der Waals surface area contributed by atoms with Gasteiger partial charge in [0.05, 0.1) is 18.2 Å². The predicted molar refractivity (Wildman–Crippen MR) is 71.2 cm³/mol. The van der Waals surface area contributed by atoms with E-state index in [9.17, 15) is 0 Å². The van der Waals surface area contributed by atoms with Gasteiger partial charge in [0.25, 0.3) is 0 Å². The quantitative estimate of drug-likeness (QED) is 0.459. The maximum atomic E-state index is 8.81. The van der Waals surface area contributed by atoms with Crippen LogP contribution in [0.2, 0.25) is 0 Å². The van der Waals surface area contributed by atoms with Crippen molar-refractivity contribution in [2.75, 3.05) is 27.3 Å². The molecule has 0 unspecified atom stereocenters. The van der Waals surface area contributed by atoms with Gasteiger partial charge < -0.3 is 15.4 Å². The van der Waals surface area contributed by atoms with E-state index in [-0.39, 0.29) is 0 Å². The molecule has 1 rings (SSSR count). The molecule has 0 aliphatic rings. The summed E-state index contributed by atoms with van der Waals surface area (Å²) in [6.07, 6.45) is 0. The van der Waals surface area contributed by atoms with E-state index in [4.69, 9.17) is 10.00 Å². The van der Waals surface area contributed by atoms with Crippen LogP contribution in [0.3, 0.4) is 0 Å². The highest BCUT2D eigenvalue weighted by Crippen LogP contribution is 2.03. The summed E-state index contributed by atoms with van der Waals surface area (Å²) < 4.78 is 4.95. The molecule has 5 heteroatoms. The molecule has 0 amide bonds. The first-order valence-electron chi connectivity index (χ1n) is 5.72. The second-order valence-corrected chi connectivity index (χ2v) is 3.66. The number of guanidine groups is 1. The molecular formula is C13H18N4O. The van der Waals surface area contributed by atoms with Gasteiger partial charge in [-0.25, -0.2) is 0 Å². The van der Waals surface area contributed by atoms with Gasteiger partial charge in [0.2, 0.25) is 0 Å². The molecule has 0 saturated carbocycles. The van der Waals surface area contributed by atoms with Crippen LogP contribution in [0, 0.1) is 11.3 Å². The van der Waals surface area contributed by atoms with Crippen LogP contribution in [-0.2, 0) is 11.3 Å². The van der Waals surface area contributed by atoms with Crippen LogP contribution in [0.25, 0.3) is 0 Å². The largest absolute Gasteiger partial charge is 0.383 e. The summed E-state index contributed by atoms with van der Waals surface area (Å²) in [5.41, 5.74) is 1.71. The first-order chi connectivity index (χ1) is 8.80. The molecule has 5 nitrogen and oxygen atoms in total. The van der Waals surface area contributed by atoms with Crippen LogP contribution in [0.5, 0.6) is 0 Å². The molecule has 0 saturated heterocycles. The third-order valence-electron chi connectivity index (χ3n) is 2.34. The lowest BCUT2D eigenvalue weighted by Gasteiger charge is -2.11. The molecule has 0 radical (unpaired) electrons. The Morgan fingerprint density at radius 2 is 2.28 bits per heavy atom. The van der Waals surface area contributed by atoms with Crippen molar-refractivity contribution in [2.24, 2.45) is 4.99 Å². The van der Waals surface area contributed by atoms with Crippen molar-refractivity contribution < 1.29 is 4.74 Å². The van der Waals surface area contributed by atoms with E-state index in [0.717, 1.165) is 11.5 Å². The zero-order chi connectivity index (χ0) is 13.2. The Bertz CT molecular complexity index is 437. The first-order valence-corrected chi connectivity index (χ1v) is 5.72. The third kappa shape index (κ3) is 4.85. The minimum atomic E-state index is 0.627. The van der Waals surface area contributed by atoms with E-state index < -0.39 is 0 Å². The fourth-order valence-electron chi connectivity index (χ4n) is 1.43. The lowest BCUT2D eigenvalue weighted by molar-refractivity contribution is 0.203. The summed E-state index contributed by atoms with van der Waals surface area (Å²) in [6.45, 7) is 1.96. The molecule has 0 spiro atoms. The maximum absolute atomic E-state index is 8.81. The minimum absolute atomic E-state index is 0.627. The number of ether oxygens (including phenoxy) is 1. The van der Waals surface area contributed by atoms with Crippen molar-refractivity contribution >= 4 is 5.96 Å². The van der Waals surface area contributed by atoms with Gasteiger partial charge in [-0.1, -0.05) is 12.1 Å². The van der Waals surface area contributed by atoms with E-state index in [1.165, 1.54) is 0 Å². The molecule has 0 aliphatic carbocycles. The van der Waals surface area contributed by atoms with Crippen molar-refractivity contribution in [1.82, 2.24) is 10.6 Å². The number of methoxy groups -OCH3 is 1. The SMILES string of the molecule is CN=C(NCCOC)NCc1cccc(C#N)c1. The average Bonchev–Trinajstić information content (AvgIpc) is 2.43. The molecule has 96 valence electrons. The number of hydrogen-bond acceptors (Lipinski definition) is 3. The number of nitrogens with zero attached hydrogens (tertiary/aromatic N) is 2. The zero-order valence-electron chi connectivity index (χ0n) is 10.7. The number of hydrogen-bond donors (Lipinski definition) is 2. The van der Waals surface area contributed by atoms with Crippen LogP contribution >= 0.6 is 0 Å². The van der Waals surface area contributed by atoms with Crippen molar-refractivity contribution in [3.8, 4) is 6.07 Å². The molecule has 0 aliphatic heterocycles. The summed E-state index contributed by atoms with van der Waals surface area (Å²) in [5.74, 6) is 0.717. The van der Waals surface area contributed by atoms with E-state index >= 15 is 0 Å². The van der Waals surface area contributed by atoms with E-state index in [0.29, 0.717) is 25.3 Å². The van der Waals surface area contributed by atoms with Crippen LogP contribution < -0.4 is 10.6 Å². The van der Waals surface area contributed by atoms with Crippen molar-refractivity contribution in [3.63, 3.8) is 0 Å². The highest BCUT2D eigenvalue weighted by atomic mass is 16.5. The fraction of sp³-hybridized carbons (Fsp3) is 0.385. The van der Waals surface area contributed by atoms with Gasteiger partial charge in [-0.3, -0.25) is 4.99 Å². The standard InChI is InChI=1S/C13H18N4O/c1-15-13(16-6-7-18-2)17-10-12-5-3-4-11(8-12)9-14/h3-5,8H,6-7,10H2,1-2H3,(H2,15,16,17). The molecule has 2 N–H and O–H groups in total. The topological polar surface area (TPSA) is 69.4 Å². The Morgan fingerprint density at radius 3 is 2.94 bits per heavy atom. The van der Waals surface area contributed by atoms with Gasteiger partial charge >= 0.3 is 0 Å². The predicted octanol–water partition coefficient (Wildman–Crippen LogP) is 0.870. The van der Waals surface area contributed by atoms with Gasteiger partial charge in [0.1, 0.15) is 0 Å². The smallest absolute Gasteiger partial charge is 0.191 e. The molecule has 0 bridgehead atoms. The van der Waals surface area contributed by atoms with E-state index in [1.807, 2.05) is 18.2 Å². The lowest BCUT2D eigenvalue weighted by Crippen LogP contribution is -2.38. The normalized spacial score (nSPS) is 10.8. The van der Waals surface area contributed by atoms with E-state index in [2.05, 4.69) is 21.7 Å². The number of aliphatic imine (C=N–C) groups is 1. The molecule has 0 aromatic heterocycles. The first kappa shape index (κ1) is 14.0. The average molecular weight is 246 g/mol. The summed E-state index contributed by atoms with van der Waals surface area (Å²) >= 11 is 0. The molecule has 0 atom stereocenters. The Labute approximate surface area is 107 Å². The van der Waals surface area contributed by atoms with Crippen LogP contribution in [0.4, 0.5) is 0 Å². The molecule has 18 heavy (non-hydrogen) atoms. The molecule has 0 fully saturated rings. The Balaban J connectivity index is 2.45. The van der Waals surface area contributed by atoms with Crippen molar-refractivity contribution in [3.05, 3.63) is 35.4 Å². The van der Waals surface area contributed by atoms with Gasteiger partial charge in [-0.2, -0.15) is 5.26 Å². The van der Waals surface area contributed by atoms with Gasteiger partial charge in [-0.05, 0) is 17.7 Å². The Hall–Kier alpha value is -2.06. The molecule has 0 heterocycles. The summed E-state index contributed by atoms with van der Waals surface area (Å²) in [7, 11) is 3.37. The zero-order valence-corrected chi connectivity index (χ0v) is 10.7. The van der Waals surface area contributed by atoms with Crippen LogP contribution in [-0.4, -0.2) is 33.3 Å². The monoisotopic (exact) mass is 246 g/mol. The number of nitriles is 1. The second kappa shape index (κ2) is 8.09. The molecule has 1 aromatic carbocycles. The third-order valence-corrected chi connectivity index (χ3v) is 2.34. The lowest BCUT2D eigenvalue weighted by atomic mass is 10.1. The Morgan fingerprint density at radius 1 is 1.44 bits per heavy atom. The fourth-order valence-corrected chi connectivity index (χ4v) is 1.43.